The van der Waals surface area contributed by atoms with Crippen LogP contribution in [0.5, 0.6) is 0 Å². The summed E-state index contributed by atoms with van der Waals surface area (Å²) in [7, 11) is 0. The monoisotopic (exact) mass is 443 g/mol. The zero-order valence-electron chi connectivity index (χ0n) is 17.2. The summed E-state index contributed by atoms with van der Waals surface area (Å²) in [4.78, 5) is 27.1. The number of rotatable bonds is 6. The third-order valence-corrected chi connectivity index (χ3v) is 6.28. The SMILES string of the molecule is Nc1ncc(-c2nc(N3CCOCC3)c3sc(NCCN4CCOCC4)nc3n2)cn1. The third kappa shape index (κ3) is 4.66. The van der Waals surface area contributed by atoms with Crippen molar-refractivity contribution >= 4 is 38.6 Å². The molecule has 0 atom stereocenters. The second-order valence-electron chi connectivity index (χ2n) is 7.35. The van der Waals surface area contributed by atoms with Gasteiger partial charge in [0.15, 0.2) is 22.4 Å². The summed E-state index contributed by atoms with van der Waals surface area (Å²) in [6.07, 6.45) is 3.28. The van der Waals surface area contributed by atoms with Crippen LogP contribution in [0.2, 0.25) is 0 Å². The van der Waals surface area contributed by atoms with E-state index >= 15 is 0 Å². The highest BCUT2D eigenvalue weighted by Gasteiger charge is 2.21. The van der Waals surface area contributed by atoms with Gasteiger partial charge in [-0.15, -0.1) is 0 Å². The number of nitrogens with one attached hydrogen (secondary N) is 1. The first-order valence-electron chi connectivity index (χ1n) is 10.4. The van der Waals surface area contributed by atoms with Crippen LogP contribution >= 0.6 is 11.3 Å². The largest absolute Gasteiger partial charge is 0.379 e. The van der Waals surface area contributed by atoms with E-state index in [2.05, 4.69) is 25.1 Å². The molecule has 2 fully saturated rings. The number of ether oxygens (including phenoxy) is 2. The Kier molecular flexibility index (Phi) is 6.02. The highest BCUT2D eigenvalue weighted by molar-refractivity contribution is 7.22. The lowest BCUT2D eigenvalue weighted by atomic mass is 10.3. The number of nitrogens with two attached hydrogens (primary N) is 1. The lowest BCUT2D eigenvalue weighted by Crippen LogP contribution is -2.38. The lowest BCUT2D eigenvalue weighted by molar-refractivity contribution is 0.0398. The van der Waals surface area contributed by atoms with Gasteiger partial charge < -0.3 is 25.4 Å². The molecule has 2 aliphatic rings. The van der Waals surface area contributed by atoms with Crippen molar-refractivity contribution < 1.29 is 9.47 Å². The molecule has 0 aliphatic carbocycles. The maximum Gasteiger partial charge on any atom is 0.219 e. The number of aromatic nitrogens is 5. The topological polar surface area (TPSA) is 127 Å². The molecule has 2 saturated heterocycles. The van der Waals surface area contributed by atoms with E-state index in [9.17, 15) is 0 Å². The van der Waals surface area contributed by atoms with Crippen LogP contribution in [0.4, 0.5) is 16.9 Å². The normalized spacial score (nSPS) is 17.9. The van der Waals surface area contributed by atoms with E-state index in [0.29, 0.717) is 30.2 Å². The molecule has 5 rings (SSSR count). The van der Waals surface area contributed by atoms with Gasteiger partial charge in [0.1, 0.15) is 4.70 Å². The van der Waals surface area contributed by atoms with Crippen molar-refractivity contribution in [3.05, 3.63) is 12.4 Å². The molecule has 12 heteroatoms. The molecular weight excluding hydrogens is 418 g/mol. The fourth-order valence-electron chi connectivity index (χ4n) is 3.60. The summed E-state index contributed by atoms with van der Waals surface area (Å²) in [5.41, 5.74) is 7.01. The summed E-state index contributed by atoms with van der Waals surface area (Å²) in [5.74, 6) is 1.64. The lowest BCUT2D eigenvalue weighted by Gasteiger charge is -2.28. The zero-order chi connectivity index (χ0) is 21.0. The van der Waals surface area contributed by atoms with Gasteiger partial charge in [-0.2, -0.15) is 4.98 Å². The highest BCUT2D eigenvalue weighted by Crippen LogP contribution is 2.34. The second-order valence-corrected chi connectivity index (χ2v) is 8.35. The molecule has 0 bridgehead atoms. The molecule has 0 radical (unpaired) electrons. The van der Waals surface area contributed by atoms with Gasteiger partial charge in [0, 0.05) is 51.7 Å². The predicted molar refractivity (Wildman–Crippen MR) is 119 cm³/mol. The standard InChI is InChI=1S/C19H25N9O2S/c20-18-22-11-13(12-23-18)15-24-16-14(17(25-15)28-5-9-30-10-6-28)31-19(26-16)21-1-2-27-3-7-29-8-4-27/h11-12H,1-10H2,(H2,20,22,23)(H,21,24,25,26). The van der Waals surface area contributed by atoms with Gasteiger partial charge in [-0.3, -0.25) is 4.90 Å². The molecule has 3 N–H and O–H groups in total. The quantitative estimate of drug-likeness (QED) is 0.559. The Labute approximate surface area is 183 Å². The fraction of sp³-hybridized carbons (Fsp3) is 0.526. The molecule has 2 aliphatic heterocycles. The minimum Gasteiger partial charge on any atom is -0.379 e. The smallest absolute Gasteiger partial charge is 0.219 e. The van der Waals surface area contributed by atoms with Crippen LogP contribution in [0, 0.1) is 0 Å². The van der Waals surface area contributed by atoms with Crippen LogP contribution in [0.25, 0.3) is 21.7 Å². The van der Waals surface area contributed by atoms with Crippen LogP contribution in [-0.2, 0) is 9.47 Å². The minimum atomic E-state index is 0.221. The summed E-state index contributed by atoms with van der Waals surface area (Å²) in [6, 6.07) is 0. The number of nitrogens with zero attached hydrogens (tertiary/aromatic N) is 7. The van der Waals surface area contributed by atoms with Crippen molar-refractivity contribution in [3.8, 4) is 11.4 Å². The molecular formula is C19H25N9O2S. The second kappa shape index (κ2) is 9.22. The number of nitrogen functional groups attached to an aromatic ring is 1. The summed E-state index contributed by atoms with van der Waals surface area (Å²) in [5, 5.41) is 4.30. The van der Waals surface area contributed by atoms with Gasteiger partial charge in [-0.1, -0.05) is 11.3 Å². The molecule has 164 valence electrons. The molecule has 0 unspecified atom stereocenters. The summed E-state index contributed by atoms with van der Waals surface area (Å²) in [6.45, 7) is 8.23. The Hall–Kier alpha value is -2.67. The Morgan fingerprint density at radius 2 is 1.68 bits per heavy atom. The number of hydrogen-bond donors (Lipinski definition) is 2. The van der Waals surface area contributed by atoms with E-state index in [-0.39, 0.29) is 5.95 Å². The Morgan fingerprint density at radius 3 is 2.42 bits per heavy atom. The molecule has 0 amide bonds. The predicted octanol–water partition coefficient (Wildman–Crippen LogP) is 0.706. The molecule has 3 aromatic rings. The van der Waals surface area contributed by atoms with Crippen molar-refractivity contribution in [2.45, 2.75) is 0 Å². The van der Waals surface area contributed by atoms with Crippen molar-refractivity contribution in [1.82, 2.24) is 29.8 Å². The zero-order valence-corrected chi connectivity index (χ0v) is 18.0. The van der Waals surface area contributed by atoms with Gasteiger partial charge in [-0.05, 0) is 0 Å². The first-order valence-corrected chi connectivity index (χ1v) is 11.2. The van der Waals surface area contributed by atoms with Gasteiger partial charge in [-0.25, -0.2) is 19.9 Å². The van der Waals surface area contributed by atoms with Gasteiger partial charge in [0.05, 0.1) is 32.0 Å². The average molecular weight is 444 g/mol. The van der Waals surface area contributed by atoms with Gasteiger partial charge >= 0.3 is 0 Å². The maximum absolute atomic E-state index is 5.63. The van der Waals surface area contributed by atoms with E-state index in [4.69, 9.17) is 30.2 Å². The number of morpholine rings is 2. The van der Waals surface area contributed by atoms with Crippen molar-refractivity contribution in [2.24, 2.45) is 0 Å². The van der Waals surface area contributed by atoms with E-state index in [1.807, 2.05) is 0 Å². The number of fused-ring (bicyclic) bond motifs is 1. The molecule has 5 heterocycles. The average Bonchev–Trinajstić information content (AvgIpc) is 3.23. The van der Waals surface area contributed by atoms with Crippen molar-refractivity contribution in [3.63, 3.8) is 0 Å². The van der Waals surface area contributed by atoms with Gasteiger partial charge in [0.2, 0.25) is 5.95 Å². The Balaban J connectivity index is 1.42. The van der Waals surface area contributed by atoms with Crippen LogP contribution in [0.15, 0.2) is 12.4 Å². The van der Waals surface area contributed by atoms with Gasteiger partial charge in [0.25, 0.3) is 0 Å². The van der Waals surface area contributed by atoms with Crippen LogP contribution in [0.3, 0.4) is 0 Å². The molecule has 0 aromatic carbocycles. The van der Waals surface area contributed by atoms with Crippen LogP contribution < -0.4 is 16.0 Å². The molecule has 0 saturated carbocycles. The molecule has 11 nitrogen and oxygen atoms in total. The molecule has 31 heavy (non-hydrogen) atoms. The van der Waals surface area contributed by atoms with Crippen LogP contribution in [-0.4, -0.2) is 95.5 Å². The van der Waals surface area contributed by atoms with Crippen molar-refractivity contribution in [1.29, 1.82) is 0 Å². The van der Waals surface area contributed by atoms with E-state index < -0.39 is 0 Å². The Bertz CT molecular complexity index is 1020. The number of thiazole rings is 1. The van der Waals surface area contributed by atoms with E-state index in [0.717, 1.165) is 68.1 Å². The van der Waals surface area contributed by atoms with E-state index in [1.54, 1.807) is 23.7 Å². The molecule has 3 aromatic heterocycles. The van der Waals surface area contributed by atoms with Crippen LogP contribution in [0.1, 0.15) is 0 Å². The number of anilines is 3. The van der Waals surface area contributed by atoms with Crippen molar-refractivity contribution in [2.75, 3.05) is 81.6 Å². The van der Waals surface area contributed by atoms with E-state index in [1.165, 1.54) is 0 Å². The third-order valence-electron chi connectivity index (χ3n) is 5.28. The number of hydrogen-bond acceptors (Lipinski definition) is 12. The Morgan fingerprint density at radius 1 is 0.968 bits per heavy atom. The summed E-state index contributed by atoms with van der Waals surface area (Å²) >= 11 is 1.59. The minimum absolute atomic E-state index is 0.221. The summed E-state index contributed by atoms with van der Waals surface area (Å²) < 4.78 is 11.9. The first kappa shape index (κ1) is 20.2. The molecule has 0 spiro atoms. The maximum atomic E-state index is 5.63. The highest BCUT2D eigenvalue weighted by atomic mass is 32.1. The first-order chi connectivity index (χ1) is 15.3. The fourth-order valence-corrected chi connectivity index (χ4v) is 4.55.